The van der Waals surface area contributed by atoms with Crippen LogP contribution in [0.2, 0.25) is 0 Å². The number of nitrogens with one attached hydrogen (secondary N) is 2. The number of ether oxygens (including phenoxy) is 1. The number of carbonyl (C=O) groups is 1. The molecule has 0 radical (unpaired) electrons. The predicted octanol–water partition coefficient (Wildman–Crippen LogP) is 3.81. The van der Waals surface area contributed by atoms with E-state index >= 15 is 0 Å². The van der Waals surface area contributed by atoms with Crippen LogP contribution in [0, 0.1) is 0 Å². The molecule has 0 spiro atoms. The maximum Gasteiger partial charge on any atom is 0.272 e. The van der Waals surface area contributed by atoms with Gasteiger partial charge in [-0.25, -0.2) is 0 Å². The van der Waals surface area contributed by atoms with Gasteiger partial charge in [0.2, 0.25) is 0 Å². The number of methoxy groups -OCH3 is 1. The van der Waals surface area contributed by atoms with Crippen LogP contribution in [-0.2, 0) is 6.42 Å². The lowest BCUT2D eigenvalue weighted by molar-refractivity contribution is 0.102. The predicted molar refractivity (Wildman–Crippen MR) is 101 cm³/mol. The molecule has 2 N–H and O–H groups in total. The molecule has 4 rings (SSSR count). The summed E-state index contributed by atoms with van der Waals surface area (Å²) in [7, 11) is 1.63. The normalized spacial score (nSPS) is 13.1. The van der Waals surface area contributed by atoms with Crippen molar-refractivity contribution < 1.29 is 9.53 Å². The lowest BCUT2D eigenvalue weighted by Gasteiger charge is -2.17. The molecule has 3 aromatic rings. The summed E-state index contributed by atoms with van der Waals surface area (Å²) in [5.74, 6) is 0.621. The number of benzene rings is 2. The molecule has 0 saturated heterocycles. The zero-order valence-corrected chi connectivity index (χ0v) is 14.4. The summed E-state index contributed by atoms with van der Waals surface area (Å²) in [6.07, 6.45) is 1.07. The Morgan fingerprint density at radius 1 is 1.24 bits per heavy atom. The van der Waals surface area contributed by atoms with Crippen LogP contribution in [0.15, 0.2) is 42.5 Å². The third-order valence-electron chi connectivity index (χ3n) is 4.79. The molecule has 1 aromatic heterocycles. The van der Waals surface area contributed by atoms with Gasteiger partial charge < -0.3 is 19.9 Å². The molecular formula is C20H21N3O2. The fourth-order valence-corrected chi connectivity index (χ4v) is 3.41. The summed E-state index contributed by atoms with van der Waals surface area (Å²) in [6, 6.07) is 13.7. The third kappa shape index (κ3) is 2.82. The molecule has 1 aliphatic rings. The number of H-pyrrole nitrogens is 1. The van der Waals surface area contributed by atoms with Gasteiger partial charge in [0.1, 0.15) is 11.4 Å². The van der Waals surface area contributed by atoms with E-state index in [2.05, 4.69) is 34.3 Å². The van der Waals surface area contributed by atoms with E-state index < -0.39 is 0 Å². The van der Waals surface area contributed by atoms with Crippen molar-refractivity contribution in [2.45, 2.75) is 13.3 Å². The van der Waals surface area contributed by atoms with Gasteiger partial charge in [0.05, 0.1) is 7.11 Å². The Kier molecular flexibility index (Phi) is 3.84. The molecular weight excluding hydrogens is 314 g/mol. The first-order valence-electron chi connectivity index (χ1n) is 8.54. The Balaban J connectivity index is 1.58. The highest BCUT2D eigenvalue weighted by molar-refractivity contribution is 6.06. The zero-order chi connectivity index (χ0) is 17.4. The summed E-state index contributed by atoms with van der Waals surface area (Å²) in [5, 5.41) is 3.98. The summed E-state index contributed by atoms with van der Waals surface area (Å²) in [5.41, 5.74) is 4.81. The lowest BCUT2D eigenvalue weighted by Crippen LogP contribution is -2.19. The van der Waals surface area contributed by atoms with Crippen LogP contribution < -0.4 is 15.0 Å². The Morgan fingerprint density at radius 3 is 2.92 bits per heavy atom. The minimum absolute atomic E-state index is 0.142. The number of aromatic amines is 1. The number of nitrogens with zero attached hydrogens (tertiary/aromatic N) is 1. The summed E-state index contributed by atoms with van der Waals surface area (Å²) >= 11 is 0. The van der Waals surface area contributed by atoms with E-state index in [1.165, 1.54) is 11.3 Å². The monoisotopic (exact) mass is 335 g/mol. The van der Waals surface area contributed by atoms with E-state index in [4.69, 9.17) is 4.74 Å². The average Bonchev–Trinajstić information content (AvgIpc) is 3.24. The van der Waals surface area contributed by atoms with E-state index in [0.717, 1.165) is 41.9 Å². The number of rotatable bonds is 4. The van der Waals surface area contributed by atoms with Gasteiger partial charge in [0.25, 0.3) is 5.91 Å². The molecule has 2 aromatic carbocycles. The van der Waals surface area contributed by atoms with Crippen molar-refractivity contribution in [3.63, 3.8) is 0 Å². The van der Waals surface area contributed by atoms with Crippen LogP contribution in [0.3, 0.4) is 0 Å². The maximum atomic E-state index is 12.6. The molecule has 0 atom stereocenters. The highest BCUT2D eigenvalue weighted by Gasteiger charge is 2.18. The Bertz CT molecular complexity index is 945. The Morgan fingerprint density at radius 2 is 2.12 bits per heavy atom. The minimum Gasteiger partial charge on any atom is -0.497 e. The molecule has 0 fully saturated rings. The third-order valence-corrected chi connectivity index (χ3v) is 4.79. The number of fused-ring (bicyclic) bond motifs is 2. The maximum absolute atomic E-state index is 12.6. The first-order valence-corrected chi connectivity index (χ1v) is 8.54. The number of amides is 1. The van der Waals surface area contributed by atoms with Crippen LogP contribution in [0.1, 0.15) is 23.0 Å². The van der Waals surface area contributed by atoms with Crippen molar-refractivity contribution in [1.29, 1.82) is 0 Å². The van der Waals surface area contributed by atoms with E-state index in [1.807, 2.05) is 30.3 Å². The lowest BCUT2D eigenvalue weighted by atomic mass is 10.1. The van der Waals surface area contributed by atoms with E-state index in [9.17, 15) is 4.79 Å². The van der Waals surface area contributed by atoms with E-state index in [0.29, 0.717) is 5.69 Å². The highest BCUT2D eigenvalue weighted by atomic mass is 16.5. The van der Waals surface area contributed by atoms with Gasteiger partial charge in [-0.1, -0.05) is 6.07 Å². The Labute approximate surface area is 146 Å². The second-order valence-corrected chi connectivity index (χ2v) is 6.26. The number of likely N-dealkylation sites (N-methyl/N-ethyl adjacent to an activating group) is 1. The second kappa shape index (κ2) is 6.16. The van der Waals surface area contributed by atoms with Gasteiger partial charge in [0, 0.05) is 41.4 Å². The fraction of sp³-hybridized carbons (Fsp3) is 0.250. The molecule has 0 saturated carbocycles. The van der Waals surface area contributed by atoms with Crippen molar-refractivity contribution >= 4 is 28.2 Å². The molecule has 2 heterocycles. The quantitative estimate of drug-likeness (QED) is 0.762. The molecule has 5 nitrogen and oxygen atoms in total. The summed E-state index contributed by atoms with van der Waals surface area (Å²) in [6.45, 7) is 4.18. The Hall–Kier alpha value is -2.95. The highest BCUT2D eigenvalue weighted by Crippen LogP contribution is 2.30. The van der Waals surface area contributed by atoms with Gasteiger partial charge in [0.15, 0.2) is 0 Å². The van der Waals surface area contributed by atoms with E-state index in [1.54, 1.807) is 7.11 Å². The first kappa shape index (κ1) is 15.6. The van der Waals surface area contributed by atoms with Gasteiger partial charge in [-0.3, -0.25) is 4.79 Å². The van der Waals surface area contributed by atoms with Crippen molar-refractivity contribution in [3.05, 3.63) is 53.7 Å². The molecule has 1 amide bonds. The number of hydrogen-bond donors (Lipinski definition) is 2. The standard InChI is InChI=1S/C20H21N3O2/c1-3-23-9-8-13-4-6-15(11-19(13)23)21-20(24)18-10-14-5-7-16(25-2)12-17(14)22-18/h4-7,10-12,22H,3,8-9H2,1-2H3,(H,21,24). The molecule has 25 heavy (non-hydrogen) atoms. The second-order valence-electron chi connectivity index (χ2n) is 6.26. The summed E-state index contributed by atoms with van der Waals surface area (Å²) < 4.78 is 5.23. The number of hydrogen-bond acceptors (Lipinski definition) is 3. The van der Waals surface area contributed by atoms with Crippen molar-refractivity contribution in [2.75, 3.05) is 30.4 Å². The van der Waals surface area contributed by atoms with Crippen molar-refractivity contribution in [1.82, 2.24) is 4.98 Å². The van der Waals surface area contributed by atoms with Crippen molar-refractivity contribution in [3.8, 4) is 5.75 Å². The van der Waals surface area contributed by atoms with Gasteiger partial charge in [-0.15, -0.1) is 0 Å². The first-order chi connectivity index (χ1) is 12.2. The number of anilines is 2. The smallest absolute Gasteiger partial charge is 0.272 e. The SMILES string of the molecule is CCN1CCc2ccc(NC(=O)c3cc4ccc(OC)cc4[nH]3)cc21. The van der Waals surface area contributed by atoms with Crippen LogP contribution in [0.4, 0.5) is 11.4 Å². The minimum atomic E-state index is -0.142. The van der Waals surface area contributed by atoms with Gasteiger partial charge in [-0.2, -0.15) is 0 Å². The molecule has 128 valence electrons. The molecule has 1 aliphatic heterocycles. The topological polar surface area (TPSA) is 57.4 Å². The fourth-order valence-electron chi connectivity index (χ4n) is 3.41. The van der Waals surface area contributed by atoms with Crippen LogP contribution in [0.5, 0.6) is 5.75 Å². The molecule has 0 bridgehead atoms. The number of carbonyl (C=O) groups excluding carboxylic acids is 1. The van der Waals surface area contributed by atoms with Gasteiger partial charge >= 0.3 is 0 Å². The average molecular weight is 335 g/mol. The van der Waals surface area contributed by atoms with Gasteiger partial charge in [-0.05, 0) is 49.2 Å². The summed E-state index contributed by atoms with van der Waals surface area (Å²) in [4.78, 5) is 18.1. The van der Waals surface area contributed by atoms with Crippen molar-refractivity contribution in [2.24, 2.45) is 0 Å². The van der Waals surface area contributed by atoms with Crippen LogP contribution >= 0.6 is 0 Å². The van der Waals surface area contributed by atoms with Crippen LogP contribution in [-0.4, -0.2) is 31.1 Å². The van der Waals surface area contributed by atoms with Crippen LogP contribution in [0.25, 0.3) is 10.9 Å². The largest absolute Gasteiger partial charge is 0.497 e. The number of aromatic nitrogens is 1. The molecule has 0 unspecified atom stereocenters. The van der Waals surface area contributed by atoms with E-state index in [-0.39, 0.29) is 5.91 Å². The molecule has 0 aliphatic carbocycles. The molecule has 5 heteroatoms. The zero-order valence-electron chi connectivity index (χ0n) is 14.4.